The Kier molecular flexibility index (Phi) is 5.20. The molecule has 0 amide bonds. The second-order valence-electron chi connectivity index (χ2n) is 5.34. The third kappa shape index (κ3) is 4.32. The van der Waals surface area contributed by atoms with Crippen molar-refractivity contribution in [3.8, 4) is 0 Å². The maximum absolute atomic E-state index is 11.3. The van der Waals surface area contributed by atoms with E-state index in [-0.39, 0.29) is 10.5 Å². The Morgan fingerprint density at radius 3 is 2.68 bits per heavy atom. The summed E-state index contributed by atoms with van der Waals surface area (Å²) < 4.78 is 22.6. The molecule has 7 heteroatoms. The molecular formula is C15H20N2O4S. The average molecular weight is 324 g/mol. The third-order valence-electron chi connectivity index (χ3n) is 3.70. The fraction of sp³-hybridized carbons (Fsp3) is 0.400. The first-order chi connectivity index (χ1) is 10.4. The number of nitrogens with two attached hydrogens (primary N) is 1. The Morgan fingerprint density at radius 2 is 2.09 bits per heavy atom. The molecule has 0 bridgehead atoms. The van der Waals surface area contributed by atoms with E-state index in [0.29, 0.717) is 12.2 Å². The Bertz CT molecular complexity index is 695. The molecule has 0 heterocycles. The number of rotatable bonds is 6. The molecule has 4 N–H and O–H groups in total. The van der Waals surface area contributed by atoms with Crippen LogP contribution in [0.4, 0.5) is 5.69 Å². The van der Waals surface area contributed by atoms with Crippen LogP contribution in [0.5, 0.6) is 0 Å². The minimum atomic E-state index is -3.91. The van der Waals surface area contributed by atoms with Crippen LogP contribution < -0.4 is 10.5 Å². The van der Waals surface area contributed by atoms with Gasteiger partial charge >= 0.3 is 5.97 Å². The van der Waals surface area contributed by atoms with E-state index < -0.39 is 16.0 Å². The number of primary sulfonamides is 1. The molecule has 0 radical (unpaired) electrons. The van der Waals surface area contributed by atoms with E-state index in [1.54, 1.807) is 0 Å². The molecule has 0 aliphatic heterocycles. The van der Waals surface area contributed by atoms with E-state index in [1.807, 2.05) is 0 Å². The van der Waals surface area contributed by atoms with Gasteiger partial charge < -0.3 is 10.4 Å². The molecule has 0 unspecified atom stereocenters. The molecule has 0 fully saturated rings. The van der Waals surface area contributed by atoms with Crippen molar-refractivity contribution in [1.82, 2.24) is 0 Å². The smallest absolute Gasteiger partial charge is 0.337 e. The van der Waals surface area contributed by atoms with Crippen LogP contribution in [0.1, 0.15) is 42.5 Å². The number of carbonyl (C=O) groups is 1. The van der Waals surface area contributed by atoms with Crippen LogP contribution in [0.15, 0.2) is 34.7 Å². The van der Waals surface area contributed by atoms with Gasteiger partial charge in [0, 0.05) is 12.2 Å². The average Bonchev–Trinajstić information content (AvgIpc) is 2.47. The van der Waals surface area contributed by atoms with Gasteiger partial charge in [-0.05, 0) is 50.3 Å². The number of aromatic carboxylic acids is 1. The number of carboxylic acids is 1. The molecule has 0 aromatic heterocycles. The zero-order valence-corrected chi connectivity index (χ0v) is 13.0. The number of allylic oxidation sites excluding steroid dienone is 1. The van der Waals surface area contributed by atoms with Crippen LogP contribution in [-0.4, -0.2) is 26.0 Å². The summed E-state index contributed by atoms with van der Waals surface area (Å²) in [5.74, 6) is -1.19. The van der Waals surface area contributed by atoms with Crippen molar-refractivity contribution in [2.45, 2.75) is 37.0 Å². The molecule has 0 saturated heterocycles. The number of anilines is 1. The summed E-state index contributed by atoms with van der Waals surface area (Å²) in [6.45, 7) is 0.612. The molecule has 6 nitrogen and oxygen atoms in total. The highest BCUT2D eigenvalue weighted by Crippen LogP contribution is 2.22. The standard InChI is InChI=1S/C15H20N2O4S/c16-22(20,21)12-6-7-14(13(10-12)15(18)19)17-9-8-11-4-2-1-3-5-11/h4,6-7,10,17H,1-3,5,8-9H2,(H,18,19)(H2,16,20,21). The van der Waals surface area contributed by atoms with Gasteiger partial charge in [-0.15, -0.1) is 0 Å². The van der Waals surface area contributed by atoms with E-state index in [9.17, 15) is 18.3 Å². The second-order valence-corrected chi connectivity index (χ2v) is 6.90. The molecule has 22 heavy (non-hydrogen) atoms. The molecular weight excluding hydrogens is 304 g/mol. The Hall–Kier alpha value is -1.86. The van der Waals surface area contributed by atoms with Crippen molar-refractivity contribution < 1.29 is 18.3 Å². The number of hydrogen-bond acceptors (Lipinski definition) is 4. The summed E-state index contributed by atoms with van der Waals surface area (Å²) in [6.07, 6.45) is 7.74. The zero-order chi connectivity index (χ0) is 16.2. The Labute approximate surface area is 130 Å². The van der Waals surface area contributed by atoms with Gasteiger partial charge in [0.2, 0.25) is 10.0 Å². The number of nitrogens with one attached hydrogen (secondary N) is 1. The van der Waals surface area contributed by atoms with Gasteiger partial charge in [0.25, 0.3) is 0 Å². The number of carboxylic acid groups (broad SMARTS) is 1. The minimum Gasteiger partial charge on any atom is -0.478 e. The fourth-order valence-corrected chi connectivity index (χ4v) is 3.06. The Morgan fingerprint density at radius 1 is 1.32 bits per heavy atom. The van der Waals surface area contributed by atoms with Crippen molar-refractivity contribution in [3.05, 3.63) is 35.4 Å². The van der Waals surface area contributed by atoms with Crippen LogP contribution in [0, 0.1) is 0 Å². The lowest BCUT2D eigenvalue weighted by molar-refractivity contribution is 0.0697. The first-order valence-electron chi connectivity index (χ1n) is 7.20. The summed E-state index contributed by atoms with van der Waals surface area (Å²) in [7, 11) is -3.91. The predicted molar refractivity (Wildman–Crippen MR) is 84.4 cm³/mol. The number of hydrogen-bond donors (Lipinski definition) is 3. The SMILES string of the molecule is NS(=O)(=O)c1ccc(NCCC2=CCCCC2)c(C(=O)O)c1. The summed E-state index contributed by atoms with van der Waals surface area (Å²) in [6, 6.07) is 3.84. The highest BCUT2D eigenvalue weighted by Gasteiger charge is 2.16. The van der Waals surface area contributed by atoms with Gasteiger partial charge in [-0.2, -0.15) is 0 Å². The summed E-state index contributed by atoms with van der Waals surface area (Å²) in [4.78, 5) is 11.1. The molecule has 120 valence electrons. The van der Waals surface area contributed by atoms with Gasteiger partial charge in [-0.25, -0.2) is 18.4 Å². The van der Waals surface area contributed by atoms with Crippen LogP contribution in [0.2, 0.25) is 0 Å². The summed E-state index contributed by atoms with van der Waals surface area (Å²) >= 11 is 0. The highest BCUT2D eigenvalue weighted by atomic mass is 32.2. The maximum atomic E-state index is 11.3. The van der Waals surface area contributed by atoms with Crippen molar-refractivity contribution in [1.29, 1.82) is 0 Å². The monoisotopic (exact) mass is 324 g/mol. The molecule has 0 spiro atoms. The third-order valence-corrected chi connectivity index (χ3v) is 4.61. The normalized spacial score (nSPS) is 15.2. The molecule has 1 aliphatic carbocycles. The Balaban J connectivity index is 2.09. The van der Waals surface area contributed by atoms with E-state index >= 15 is 0 Å². The van der Waals surface area contributed by atoms with Crippen LogP contribution in [0.3, 0.4) is 0 Å². The fourth-order valence-electron chi connectivity index (χ4n) is 2.52. The van der Waals surface area contributed by atoms with Gasteiger partial charge in [-0.1, -0.05) is 11.6 Å². The lowest BCUT2D eigenvalue weighted by atomic mass is 9.97. The van der Waals surface area contributed by atoms with Gasteiger partial charge in [0.05, 0.1) is 10.5 Å². The molecule has 1 aromatic carbocycles. The predicted octanol–water partition coefficient (Wildman–Crippen LogP) is 2.33. The second kappa shape index (κ2) is 6.93. The highest BCUT2D eigenvalue weighted by molar-refractivity contribution is 7.89. The first kappa shape index (κ1) is 16.5. The molecule has 1 aromatic rings. The van der Waals surface area contributed by atoms with Gasteiger partial charge in [-0.3, -0.25) is 0 Å². The van der Waals surface area contributed by atoms with Crippen molar-refractivity contribution in [2.75, 3.05) is 11.9 Å². The van der Waals surface area contributed by atoms with Crippen molar-refractivity contribution in [2.24, 2.45) is 5.14 Å². The largest absolute Gasteiger partial charge is 0.478 e. The number of sulfonamides is 1. The van der Waals surface area contributed by atoms with Gasteiger partial charge in [0.1, 0.15) is 0 Å². The van der Waals surface area contributed by atoms with Crippen LogP contribution in [0.25, 0.3) is 0 Å². The number of benzene rings is 1. The molecule has 0 saturated carbocycles. The summed E-state index contributed by atoms with van der Waals surface area (Å²) in [5, 5.41) is 17.3. The molecule has 1 aliphatic rings. The van der Waals surface area contributed by atoms with E-state index in [0.717, 1.165) is 25.3 Å². The van der Waals surface area contributed by atoms with Crippen molar-refractivity contribution >= 4 is 21.7 Å². The zero-order valence-electron chi connectivity index (χ0n) is 12.2. The molecule has 2 rings (SSSR count). The lowest BCUT2D eigenvalue weighted by Gasteiger charge is -2.14. The summed E-state index contributed by atoms with van der Waals surface area (Å²) in [5.41, 5.74) is 1.69. The van der Waals surface area contributed by atoms with Gasteiger partial charge in [0.15, 0.2) is 0 Å². The topological polar surface area (TPSA) is 109 Å². The lowest BCUT2D eigenvalue weighted by Crippen LogP contribution is -2.15. The quantitative estimate of drug-likeness (QED) is 0.696. The van der Waals surface area contributed by atoms with Crippen LogP contribution in [-0.2, 0) is 10.0 Å². The van der Waals surface area contributed by atoms with E-state index in [2.05, 4.69) is 11.4 Å². The van der Waals surface area contributed by atoms with E-state index in [1.165, 1.54) is 30.5 Å². The van der Waals surface area contributed by atoms with Crippen molar-refractivity contribution in [3.63, 3.8) is 0 Å². The minimum absolute atomic E-state index is 0.0934. The molecule has 0 atom stereocenters. The van der Waals surface area contributed by atoms with Crippen LogP contribution >= 0.6 is 0 Å². The first-order valence-corrected chi connectivity index (χ1v) is 8.74. The maximum Gasteiger partial charge on any atom is 0.337 e. The van der Waals surface area contributed by atoms with E-state index in [4.69, 9.17) is 5.14 Å².